The molecule has 6 heteroatoms. The van der Waals surface area contributed by atoms with Gasteiger partial charge in [-0.15, -0.1) is 0 Å². The van der Waals surface area contributed by atoms with E-state index < -0.39 is 41.0 Å². The van der Waals surface area contributed by atoms with E-state index in [9.17, 15) is 19.2 Å². The van der Waals surface area contributed by atoms with Gasteiger partial charge < -0.3 is 4.74 Å². The zero-order valence-electron chi connectivity index (χ0n) is 18.5. The molecule has 2 aromatic rings. The minimum Gasteiger partial charge on any atom is -0.349 e. The molecule has 33 heavy (non-hydrogen) atoms. The number of imide groups is 1. The highest BCUT2D eigenvalue weighted by Gasteiger charge is 2.75. The number of ether oxygens (including phenoxy) is 1. The average molecular weight is 443 g/mol. The van der Waals surface area contributed by atoms with Crippen LogP contribution in [0.1, 0.15) is 70.1 Å². The van der Waals surface area contributed by atoms with Gasteiger partial charge in [0.25, 0.3) is 0 Å². The molecule has 6 rings (SSSR count). The normalized spacial score (nSPS) is 28.6. The summed E-state index contributed by atoms with van der Waals surface area (Å²) in [4.78, 5) is 56.6. The van der Waals surface area contributed by atoms with E-state index >= 15 is 0 Å². The van der Waals surface area contributed by atoms with Crippen LogP contribution in [-0.2, 0) is 14.3 Å². The predicted octanol–water partition coefficient (Wildman–Crippen LogP) is 3.82. The van der Waals surface area contributed by atoms with Crippen molar-refractivity contribution < 1.29 is 23.9 Å². The maximum absolute atomic E-state index is 13.9. The molecule has 0 aromatic heterocycles. The van der Waals surface area contributed by atoms with Gasteiger partial charge in [-0.05, 0) is 30.9 Å². The number of benzene rings is 2. The molecule has 3 fully saturated rings. The second-order valence-corrected chi connectivity index (χ2v) is 9.68. The summed E-state index contributed by atoms with van der Waals surface area (Å²) in [5.74, 6) is -3.76. The molecule has 2 aromatic carbocycles. The Morgan fingerprint density at radius 2 is 1.42 bits per heavy atom. The van der Waals surface area contributed by atoms with Crippen LogP contribution in [0.3, 0.4) is 0 Å². The Balaban J connectivity index is 1.52. The number of aryl methyl sites for hydroxylation is 1. The first kappa shape index (κ1) is 20.5. The van der Waals surface area contributed by atoms with Crippen LogP contribution in [0.4, 0.5) is 0 Å². The first-order valence-electron chi connectivity index (χ1n) is 11.8. The Morgan fingerprint density at radius 1 is 0.818 bits per heavy atom. The van der Waals surface area contributed by atoms with Gasteiger partial charge in [0.2, 0.25) is 29.0 Å². The first-order chi connectivity index (χ1) is 16.0. The molecule has 0 bridgehead atoms. The van der Waals surface area contributed by atoms with Gasteiger partial charge >= 0.3 is 0 Å². The third kappa shape index (κ3) is 2.58. The fourth-order valence-corrected chi connectivity index (χ4v) is 6.43. The summed E-state index contributed by atoms with van der Waals surface area (Å²) in [7, 11) is 0. The summed E-state index contributed by atoms with van der Waals surface area (Å²) in [6.07, 6.45) is 3.71. The number of likely N-dealkylation sites (tertiary alicyclic amines) is 1. The number of nitrogens with zero attached hydrogens (tertiary/aromatic N) is 1. The van der Waals surface area contributed by atoms with E-state index in [4.69, 9.17) is 4.74 Å². The van der Waals surface area contributed by atoms with Crippen molar-refractivity contribution in [3.63, 3.8) is 0 Å². The van der Waals surface area contributed by atoms with E-state index in [0.29, 0.717) is 0 Å². The molecule has 168 valence electrons. The third-order valence-electron chi connectivity index (χ3n) is 7.99. The summed E-state index contributed by atoms with van der Waals surface area (Å²) < 4.78 is 6.36. The number of ketones is 2. The van der Waals surface area contributed by atoms with Crippen molar-refractivity contribution in [1.82, 2.24) is 4.90 Å². The van der Waals surface area contributed by atoms with Gasteiger partial charge in [0, 0.05) is 17.2 Å². The standard InChI is InChI=1S/C27H25NO5/c1-15-9-5-6-12-17(15)22-20-21(26(32)28(25(20)31)16-10-3-2-4-11-16)27(33-22)23(29)18-13-7-8-14-19(18)24(27)30/h5-9,12-14,16,20-22H,2-4,10-11H2,1H3. The van der Waals surface area contributed by atoms with Crippen LogP contribution in [0, 0.1) is 18.8 Å². The number of hydrogen-bond acceptors (Lipinski definition) is 5. The van der Waals surface area contributed by atoms with Gasteiger partial charge in [-0.1, -0.05) is 67.8 Å². The van der Waals surface area contributed by atoms with Gasteiger partial charge in [-0.2, -0.15) is 0 Å². The lowest BCUT2D eigenvalue weighted by Crippen LogP contribution is -2.52. The summed E-state index contributed by atoms with van der Waals surface area (Å²) >= 11 is 0. The van der Waals surface area contributed by atoms with Gasteiger partial charge in [-0.3, -0.25) is 24.1 Å². The number of rotatable bonds is 2. The van der Waals surface area contributed by atoms with Crippen LogP contribution < -0.4 is 0 Å². The average Bonchev–Trinajstić information content (AvgIpc) is 3.40. The Morgan fingerprint density at radius 3 is 2.06 bits per heavy atom. The van der Waals surface area contributed by atoms with E-state index in [0.717, 1.165) is 43.2 Å². The summed E-state index contributed by atoms with van der Waals surface area (Å²) in [5.41, 5.74) is 0.195. The SMILES string of the molecule is Cc1ccccc1C1OC2(C(=O)c3ccccc3C2=O)C2C(=O)N(C3CCCCC3)C(=O)C12. The van der Waals surface area contributed by atoms with Crippen molar-refractivity contribution in [2.45, 2.75) is 56.8 Å². The second-order valence-electron chi connectivity index (χ2n) is 9.68. The zero-order valence-corrected chi connectivity index (χ0v) is 18.5. The summed E-state index contributed by atoms with van der Waals surface area (Å²) in [6.45, 7) is 1.91. The van der Waals surface area contributed by atoms with Gasteiger partial charge in [0.05, 0.1) is 17.9 Å². The molecular weight excluding hydrogens is 418 g/mol. The lowest BCUT2D eigenvalue weighted by atomic mass is 9.77. The van der Waals surface area contributed by atoms with Crippen LogP contribution >= 0.6 is 0 Å². The molecule has 2 heterocycles. The van der Waals surface area contributed by atoms with Crippen LogP contribution in [-0.4, -0.2) is 39.9 Å². The third-order valence-corrected chi connectivity index (χ3v) is 7.99. The van der Waals surface area contributed by atoms with Gasteiger partial charge in [0.15, 0.2) is 0 Å². The van der Waals surface area contributed by atoms with E-state index in [-0.39, 0.29) is 23.1 Å². The number of carbonyl (C=O) groups excluding carboxylic acids is 4. The minimum absolute atomic E-state index is 0.173. The van der Waals surface area contributed by atoms with Crippen LogP contribution in [0.2, 0.25) is 0 Å². The molecule has 2 aliphatic carbocycles. The van der Waals surface area contributed by atoms with Gasteiger partial charge in [0.1, 0.15) is 0 Å². The monoisotopic (exact) mass is 443 g/mol. The second kappa shape index (κ2) is 7.19. The fourth-order valence-electron chi connectivity index (χ4n) is 6.43. The lowest BCUT2D eigenvalue weighted by molar-refractivity contribution is -0.148. The lowest BCUT2D eigenvalue weighted by Gasteiger charge is -2.33. The Hall–Kier alpha value is -3.12. The molecule has 1 saturated carbocycles. The quantitative estimate of drug-likeness (QED) is 0.521. The van der Waals surface area contributed by atoms with Crippen molar-refractivity contribution >= 4 is 23.4 Å². The Labute approximate surface area is 191 Å². The number of fused-ring (bicyclic) bond motifs is 3. The molecular formula is C27H25NO5. The van der Waals surface area contributed by atoms with Crippen molar-refractivity contribution in [3.05, 3.63) is 70.8 Å². The fraction of sp³-hybridized carbons (Fsp3) is 0.407. The molecule has 2 saturated heterocycles. The van der Waals surface area contributed by atoms with E-state index in [2.05, 4.69) is 0 Å². The van der Waals surface area contributed by atoms with Crippen LogP contribution in [0.25, 0.3) is 0 Å². The molecule has 0 radical (unpaired) electrons. The Kier molecular flexibility index (Phi) is 4.46. The maximum Gasteiger partial charge on any atom is 0.237 e. The molecule has 2 amide bonds. The van der Waals surface area contributed by atoms with Gasteiger partial charge in [-0.25, -0.2) is 0 Å². The molecule has 4 aliphatic rings. The molecule has 3 atom stereocenters. The first-order valence-corrected chi connectivity index (χ1v) is 11.8. The topological polar surface area (TPSA) is 80.8 Å². The maximum atomic E-state index is 13.9. The van der Waals surface area contributed by atoms with Crippen LogP contribution in [0.5, 0.6) is 0 Å². The van der Waals surface area contributed by atoms with E-state index in [1.807, 2.05) is 31.2 Å². The highest BCUT2D eigenvalue weighted by Crippen LogP contribution is 2.58. The zero-order chi connectivity index (χ0) is 22.9. The highest BCUT2D eigenvalue weighted by atomic mass is 16.5. The largest absolute Gasteiger partial charge is 0.349 e. The number of amides is 2. The van der Waals surface area contributed by atoms with Crippen molar-refractivity contribution in [2.75, 3.05) is 0 Å². The summed E-state index contributed by atoms with van der Waals surface area (Å²) in [5, 5.41) is 0. The van der Waals surface area contributed by atoms with Crippen molar-refractivity contribution in [3.8, 4) is 0 Å². The predicted molar refractivity (Wildman–Crippen MR) is 119 cm³/mol. The molecule has 0 N–H and O–H groups in total. The number of hydrogen-bond donors (Lipinski definition) is 0. The van der Waals surface area contributed by atoms with E-state index in [1.165, 1.54) is 4.90 Å². The number of carbonyl (C=O) groups is 4. The Bertz CT molecular complexity index is 1180. The van der Waals surface area contributed by atoms with Crippen molar-refractivity contribution in [2.24, 2.45) is 11.8 Å². The van der Waals surface area contributed by atoms with E-state index in [1.54, 1.807) is 24.3 Å². The van der Waals surface area contributed by atoms with Crippen molar-refractivity contribution in [1.29, 1.82) is 0 Å². The smallest absolute Gasteiger partial charge is 0.237 e. The molecule has 3 unspecified atom stereocenters. The molecule has 2 aliphatic heterocycles. The van der Waals surface area contributed by atoms with Crippen LogP contribution in [0.15, 0.2) is 48.5 Å². The number of Topliss-reactive ketones (excluding diaryl/α,β-unsaturated/α-hetero) is 2. The summed E-state index contributed by atoms with van der Waals surface area (Å²) in [6, 6.07) is 13.9. The molecule has 6 nitrogen and oxygen atoms in total. The highest BCUT2D eigenvalue weighted by molar-refractivity contribution is 6.35. The molecule has 1 spiro atoms. The minimum atomic E-state index is -1.97.